The summed E-state index contributed by atoms with van der Waals surface area (Å²) in [5, 5.41) is 25.7. The fraction of sp³-hybridized carbons (Fsp3) is 0.300. The number of fused-ring (bicyclic) bond motifs is 1. The molecule has 2 aliphatic rings. The molecule has 0 radical (unpaired) electrons. The first-order valence-electron chi connectivity index (χ1n) is 9.30. The lowest BCUT2D eigenvalue weighted by Gasteiger charge is -2.31. The highest BCUT2D eigenvalue weighted by Gasteiger charge is 2.32. The maximum Gasteiger partial charge on any atom is 0.308 e. The van der Waals surface area contributed by atoms with Crippen molar-refractivity contribution in [2.45, 2.75) is 12.8 Å². The molecule has 0 bridgehead atoms. The van der Waals surface area contributed by atoms with Gasteiger partial charge in [0.2, 0.25) is 0 Å². The van der Waals surface area contributed by atoms with Gasteiger partial charge >= 0.3 is 5.97 Å². The first kappa shape index (κ1) is 20.4. The summed E-state index contributed by atoms with van der Waals surface area (Å²) in [6.45, 7) is 0.765. The molecule has 30 heavy (non-hydrogen) atoms. The second-order valence-corrected chi connectivity index (χ2v) is 8.06. The number of benzene rings is 1. The van der Waals surface area contributed by atoms with Gasteiger partial charge in [-0.25, -0.2) is 0 Å². The van der Waals surface area contributed by atoms with Crippen LogP contribution in [0.25, 0.3) is 5.70 Å². The van der Waals surface area contributed by atoms with Gasteiger partial charge in [0.15, 0.2) is 0 Å². The molecule has 1 unspecified atom stereocenters. The molecule has 1 aromatic heterocycles. The number of amides is 1. The van der Waals surface area contributed by atoms with Crippen molar-refractivity contribution < 1.29 is 19.2 Å². The van der Waals surface area contributed by atoms with E-state index in [0.717, 1.165) is 0 Å². The second-order valence-electron chi connectivity index (χ2n) is 7.25. The normalized spacial score (nSPS) is 21.6. The lowest BCUT2D eigenvalue weighted by atomic mass is 9.96. The standard InChI is InChI=1S/C20H18Cl2N4O4/c21-14-2-1-10(6-15(14)22)19(27)26-4-3-16(23)13(8-26)18-17-12(9-30-25-17)5-11(7-24-18)20(28)29/h1-2,6,9,11,23-24H,3-5,7-8H2,(H,28,29)/b18-13-,23-16?. The van der Waals surface area contributed by atoms with Crippen LogP contribution in [0.15, 0.2) is 34.6 Å². The molecule has 3 N–H and O–H groups in total. The van der Waals surface area contributed by atoms with Crippen molar-refractivity contribution in [1.82, 2.24) is 15.4 Å². The van der Waals surface area contributed by atoms with Gasteiger partial charge in [-0.15, -0.1) is 0 Å². The molecule has 156 valence electrons. The number of halogens is 2. The zero-order chi connectivity index (χ0) is 21.4. The summed E-state index contributed by atoms with van der Waals surface area (Å²) >= 11 is 12.0. The Kier molecular flexibility index (Phi) is 5.53. The van der Waals surface area contributed by atoms with E-state index in [2.05, 4.69) is 10.5 Å². The number of rotatable bonds is 2. The van der Waals surface area contributed by atoms with E-state index in [-0.39, 0.29) is 25.4 Å². The zero-order valence-electron chi connectivity index (χ0n) is 15.7. The van der Waals surface area contributed by atoms with Gasteiger partial charge in [-0.05, 0) is 24.6 Å². The first-order valence-corrected chi connectivity index (χ1v) is 10.1. The number of carboxylic acid groups (broad SMARTS) is 1. The van der Waals surface area contributed by atoms with Gasteiger partial charge in [0.25, 0.3) is 5.91 Å². The summed E-state index contributed by atoms with van der Waals surface area (Å²) in [7, 11) is 0. The van der Waals surface area contributed by atoms with E-state index in [0.29, 0.717) is 56.8 Å². The lowest BCUT2D eigenvalue weighted by Crippen LogP contribution is -2.41. The quantitative estimate of drug-likeness (QED) is 0.648. The molecule has 2 aliphatic heterocycles. The number of nitrogens with one attached hydrogen (secondary N) is 2. The van der Waals surface area contributed by atoms with Crippen LogP contribution in [0.5, 0.6) is 0 Å². The number of carboxylic acids is 1. The molecule has 10 heteroatoms. The van der Waals surface area contributed by atoms with Crippen molar-refractivity contribution in [1.29, 1.82) is 5.41 Å². The first-order chi connectivity index (χ1) is 14.3. The minimum Gasteiger partial charge on any atom is -0.481 e. The third kappa shape index (κ3) is 3.80. The number of hydrogen-bond acceptors (Lipinski definition) is 6. The van der Waals surface area contributed by atoms with E-state index in [1.54, 1.807) is 17.0 Å². The monoisotopic (exact) mass is 448 g/mol. The topological polar surface area (TPSA) is 120 Å². The van der Waals surface area contributed by atoms with Gasteiger partial charge in [0.1, 0.15) is 12.0 Å². The van der Waals surface area contributed by atoms with Crippen LogP contribution in [0.3, 0.4) is 0 Å². The molecule has 0 saturated carbocycles. The Bertz CT molecular complexity index is 1080. The summed E-state index contributed by atoms with van der Waals surface area (Å²) in [5.41, 5.74) is 3.07. The minimum absolute atomic E-state index is 0.185. The van der Waals surface area contributed by atoms with Gasteiger partial charge in [0, 0.05) is 48.5 Å². The van der Waals surface area contributed by atoms with Crippen molar-refractivity contribution in [2.75, 3.05) is 19.6 Å². The Morgan fingerprint density at radius 2 is 2.10 bits per heavy atom. The summed E-state index contributed by atoms with van der Waals surface area (Å²) in [5.74, 6) is -1.79. The number of nitrogens with zero attached hydrogens (tertiary/aromatic N) is 2. The fourth-order valence-corrected chi connectivity index (χ4v) is 3.96. The molecule has 0 aliphatic carbocycles. The molecule has 4 rings (SSSR count). The molecule has 3 heterocycles. The van der Waals surface area contributed by atoms with Crippen molar-refractivity contribution in [3.63, 3.8) is 0 Å². The minimum atomic E-state index is -0.920. The van der Waals surface area contributed by atoms with Gasteiger partial charge in [-0.2, -0.15) is 0 Å². The number of hydrogen-bond donors (Lipinski definition) is 3. The molecular weight excluding hydrogens is 431 g/mol. The van der Waals surface area contributed by atoms with Crippen molar-refractivity contribution >= 4 is 46.5 Å². The predicted octanol–water partition coefficient (Wildman–Crippen LogP) is 3.10. The van der Waals surface area contributed by atoms with Crippen LogP contribution in [0.2, 0.25) is 10.0 Å². The average Bonchev–Trinajstić information content (AvgIpc) is 3.10. The van der Waals surface area contributed by atoms with Crippen LogP contribution in [0.1, 0.15) is 28.0 Å². The third-order valence-electron chi connectivity index (χ3n) is 5.32. The van der Waals surface area contributed by atoms with Crippen LogP contribution >= 0.6 is 23.2 Å². The van der Waals surface area contributed by atoms with Gasteiger partial charge < -0.3 is 25.3 Å². The summed E-state index contributed by atoms with van der Waals surface area (Å²) in [6, 6.07) is 4.71. The fourth-order valence-electron chi connectivity index (χ4n) is 3.66. The number of likely N-dealkylation sites (tertiary alicyclic amines) is 1. The summed E-state index contributed by atoms with van der Waals surface area (Å²) < 4.78 is 5.08. The van der Waals surface area contributed by atoms with Crippen molar-refractivity contribution in [3.8, 4) is 0 Å². The van der Waals surface area contributed by atoms with Crippen LogP contribution < -0.4 is 5.32 Å². The van der Waals surface area contributed by atoms with E-state index in [4.69, 9.17) is 33.1 Å². The molecule has 0 spiro atoms. The van der Waals surface area contributed by atoms with E-state index < -0.39 is 11.9 Å². The van der Waals surface area contributed by atoms with Crippen LogP contribution in [0, 0.1) is 11.3 Å². The zero-order valence-corrected chi connectivity index (χ0v) is 17.3. The number of carbonyl (C=O) groups excluding carboxylic acids is 1. The molecular formula is C20H18Cl2N4O4. The lowest BCUT2D eigenvalue weighted by molar-refractivity contribution is -0.141. The van der Waals surface area contributed by atoms with Gasteiger partial charge in [0.05, 0.1) is 21.7 Å². The predicted molar refractivity (Wildman–Crippen MR) is 111 cm³/mol. The number of aromatic nitrogens is 1. The number of aliphatic carboxylic acids is 1. The molecule has 1 aromatic carbocycles. The van der Waals surface area contributed by atoms with Crippen LogP contribution in [0.4, 0.5) is 0 Å². The van der Waals surface area contributed by atoms with Gasteiger partial charge in [-0.1, -0.05) is 28.4 Å². The highest BCUT2D eigenvalue weighted by atomic mass is 35.5. The molecule has 1 saturated heterocycles. The molecule has 1 atom stereocenters. The number of carbonyl (C=O) groups is 2. The van der Waals surface area contributed by atoms with E-state index >= 15 is 0 Å². The maximum atomic E-state index is 13.0. The number of piperidine rings is 1. The average molecular weight is 449 g/mol. The Labute approximate surface area is 181 Å². The van der Waals surface area contributed by atoms with Crippen molar-refractivity contribution in [2.24, 2.45) is 5.92 Å². The summed E-state index contributed by atoms with van der Waals surface area (Å²) in [4.78, 5) is 26.1. The third-order valence-corrected chi connectivity index (χ3v) is 6.06. The van der Waals surface area contributed by atoms with E-state index in [9.17, 15) is 14.7 Å². The molecule has 1 amide bonds. The highest BCUT2D eigenvalue weighted by Crippen LogP contribution is 2.29. The summed E-state index contributed by atoms with van der Waals surface area (Å²) in [6.07, 6.45) is 2.07. The second kappa shape index (κ2) is 8.12. The SMILES string of the molecule is N=C1CCN(C(=O)c2ccc(Cl)c(Cl)c2)C/C1=C1/NCC(C(=O)O)Cc2conc21. The molecule has 2 aromatic rings. The smallest absolute Gasteiger partial charge is 0.308 e. The van der Waals surface area contributed by atoms with Crippen molar-refractivity contribution in [3.05, 3.63) is 56.9 Å². The Morgan fingerprint density at radius 1 is 1.30 bits per heavy atom. The van der Waals surface area contributed by atoms with E-state index in [1.807, 2.05) is 0 Å². The Balaban J connectivity index is 1.67. The molecule has 1 fully saturated rings. The van der Waals surface area contributed by atoms with E-state index in [1.165, 1.54) is 12.3 Å². The largest absolute Gasteiger partial charge is 0.481 e. The van der Waals surface area contributed by atoms with Gasteiger partial charge in [-0.3, -0.25) is 9.59 Å². The van der Waals surface area contributed by atoms with Crippen LogP contribution in [-0.2, 0) is 11.2 Å². The molecule has 8 nitrogen and oxygen atoms in total. The maximum absolute atomic E-state index is 13.0. The highest BCUT2D eigenvalue weighted by molar-refractivity contribution is 6.42. The Morgan fingerprint density at radius 3 is 2.83 bits per heavy atom. The Hall–Kier alpha value is -2.84. The van der Waals surface area contributed by atoms with Crippen LogP contribution in [-0.4, -0.2) is 52.4 Å².